The second-order valence-electron chi connectivity index (χ2n) is 3.84. The molecule has 0 aliphatic heterocycles. The van der Waals surface area contributed by atoms with E-state index in [9.17, 15) is 19.3 Å². The molecule has 0 unspecified atom stereocenters. The first kappa shape index (κ1) is 15.1. The van der Waals surface area contributed by atoms with Crippen LogP contribution in [-0.4, -0.2) is 15.8 Å². The van der Waals surface area contributed by atoms with Gasteiger partial charge in [0.2, 0.25) is 5.15 Å². The molecule has 1 N–H and O–H groups in total. The lowest BCUT2D eigenvalue weighted by Gasteiger charge is -2.06. The number of carbonyl (C=O) groups excluding carboxylic acids is 1. The van der Waals surface area contributed by atoms with Crippen molar-refractivity contribution in [3.63, 3.8) is 0 Å². The summed E-state index contributed by atoms with van der Waals surface area (Å²) >= 11 is 11.1. The van der Waals surface area contributed by atoms with Crippen LogP contribution in [0.5, 0.6) is 0 Å². The molecule has 1 aromatic heterocycles. The molecular formula is C12H6Cl2FN3O3. The summed E-state index contributed by atoms with van der Waals surface area (Å²) in [6.45, 7) is 0. The highest BCUT2D eigenvalue weighted by atomic mass is 35.5. The van der Waals surface area contributed by atoms with Crippen molar-refractivity contribution in [1.82, 2.24) is 4.98 Å². The molecule has 0 spiro atoms. The van der Waals surface area contributed by atoms with Crippen LogP contribution < -0.4 is 5.32 Å². The number of carbonyl (C=O) groups is 1. The highest BCUT2D eigenvalue weighted by Gasteiger charge is 2.24. The third-order valence-electron chi connectivity index (χ3n) is 2.48. The lowest BCUT2D eigenvalue weighted by atomic mass is 10.2. The van der Waals surface area contributed by atoms with E-state index < -0.39 is 27.5 Å². The highest BCUT2D eigenvalue weighted by Crippen LogP contribution is 2.27. The van der Waals surface area contributed by atoms with E-state index in [2.05, 4.69) is 10.3 Å². The van der Waals surface area contributed by atoms with E-state index in [0.29, 0.717) is 0 Å². The van der Waals surface area contributed by atoms with Gasteiger partial charge in [0.05, 0.1) is 9.95 Å². The van der Waals surface area contributed by atoms with Crippen LogP contribution in [0.3, 0.4) is 0 Å². The second kappa shape index (κ2) is 6.02. The van der Waals surface area contributed by atoms with Crippen LogP contribution in [-0.2, 0) is 0 Å². The van der Waals surface area contributed by atoms with Crippen LogP contribution in [0.4, 0.5) is 15.8 Å². The minimum atomic E-state index is -0.813. The van der Waals surface area contributed by atoms with Gasteiger partial charge in [-0.1, -0.05) is 23.2 Å². The van der Waals surface area contributed by atoms with Crippen molar-refractivity contribution in [1.29, 1.82) is 0 Å². The van der Waals surface area contributed by atoms with Crippen LogP contribution in [0.2, 0.25) is 10.2 Å². The zero-order valence-electron chi connectivity index (χ0n) is 10.1. The number of pyridine rings is 1. The molecule has 0 saturated heterocycles. The number of nitrogens with one attached hydrogen (secondary N) is 1. The second-order valence-corrected chi connectivity index (χ2v) is 4.60. The maximum absolute atomic E-state index is 13.3. The van der Waals surface area contributed by atoms with Gasteiger partial charge in [-0.25, -0.2) is 9.37 Å². The Labute approximate surface area is 127 Å². The first-order valence-corrected chi connectivity index (χ1v) is 6.21. The number of nitro groups is 1. The van der Waals surface area contributed by atoms with E-state index in [4.69, 9.17) is 23.2 Å². The molecule has 21 heavy (non-hydrogen) atoms. The van der Waals surface area contributed by atoms with E-state index in [1.807, 2.05) is 0 Å². The van der Waals surface area contributed by atoms with Crippen LogP contribution in [0.1, 0.15) is 10.4 Å². The number of aromatic nitrogens is 1. The van der Waals surface area contributed by atoms with Crippen LogP contribution in [0.15, 0.2) is 30.5 Å². The predicted molar refractivity (Wildman–Crippen MR) is 75.3 cm³/mol. The van der Waals surface area contributed by atoms with Gasteiger partial charge >= 0.3 is 5.69 Å². The minimum absolute atomic E-state index is 0.101. The molecule has 6 nitrogen and oxygen atoms in total. The fraction of sp³-hybridized carbons (Fsp3) is 0. The average Bonchev–Trinajstić information content (AvgIpc) is 2.42. The normalized spacial score (nSPS) is 10.2. The number of amides is 1. The van der Waals surface area contributed by atoms with Crippen molar-refractivity contribution in [3.05, 3.63) is 62.1 Å². The summed E-state index contributed by atoms with van der Waals surface area (Å²) in [6, 6.07) is 4.75. The molecule has 1 aromatic carbocycles. The first-order valence-electron chi connectivity index (χ1n) is 5.45. The molecule has 0 aliphatic rings. The number of benzene rings is 1. The van der Waals surface area contributed by atoms with Crippen molar-refractivity contribution < 1.29 is 14.1 Å². The van der Waals surface area contributed by atoms with Gasteiger partial charge in [-0.3, -0.25) is 14.9 Å². The molecule has 0 fully saturated rings. The van der Waals surface area contributed by atoms with Gasteiger partial charge in [0, 0.05) is 11.9 Å². The predicted octanol–water partition coefficient (Wildman–Crippen LogP) is 3.69. The van der Waals surface area contributed by atoms with Crippen molar-refractivity contribution >= 4 is 40.5 Å². The topological polar surface area (TPSA) is 85.1 Å². The summed E-state index contributed by atoms with van der Waals surface area (Å²) in [7, 11) is 0. The third-order valence-corrected chi connectivity index (χ3v) is 3.07. The Morgan fingerprint density at radius 3 is 2.67 bits per heavy atom. The third kappa shape index (κ3) is 3.26. The molecule has 1 amide bonds. The van der Waals surface area contributed by atoms with Crippen molar-refractivity contribution in [2.75, 3.05) is 5.32 Å². The van der Waals surface area contributed by atoms with Gasteiger partial charge in [-0.15, -0.1) is 0 Å². The number of nitrogens with zero attached hydrogens (tertiary/aromatic N) is 2. The van der Waals surface area contributed by atoms with Gasteiger partial charge in [0.25, 0.3) is 5.91 Å². The fourth-order valence-corrected chi connectivity index (χ4v) is 1.90. The zero-order valence-corrected chi connectivity index (χ0v) is 11.7. The Morgan fingerprint density at radius 2 is 2.05 bits per heavy atom. The zero-order chi connectivity index (χ0) is 15.6. The van der Waals surface area contributed by atoms with Gasteiger partial charge in [0.1, 0.15) is 11.4 Å². The standard InChI is InChI=1S/C12H6Cl2FN3O3/c13-8-2-1-6(5-9(8)15)17-12(19)7-3-4-16-11(14)10(7)18(20)21/h1-5H,(H,17,19). The Hall–Kier alpha value is -2.25. The summed E-state index contributed by atoms with van der Waals surface area (Å²) in [5, 5.41) is 12.7. The lowest BCUT2D eigenvalue weighted by molar-refractivity contribution is -0.385. The molecule has 2 rings (SSSR count). The summed E-state index contributed by atoms with van der Waals surface area (Å²) in [5.41, 5.74) is -0.800. The van der Waals surface area contributed by atoms with Gasteiger partial charge in [0.15, 0.2) is 0 Å². The number of halogens is 3. The summed E-state index contributed by atoms with van der Waals surface area (Å²) in [5.74, 6) is -1.54. The molecule has 0 aliphatic carbocycles. The largest absolute Gasteiger partial charge is 0.322 e. The molecule has 0 saturated carbocycles. The Kier molecular flexibility index (Phi) is 4.35. The van der Waals surface area contributed by atoms with Crippen LogP contribution >= 0.6 is 23.2 Å². The summed E-state index contributed by atoms with van der Waals surface area (Å²) in [4.78, 5) is 25.7. The number of hydrogen-bond acceptors (Lipinski definition) is 4. The van der Waals surface area contributed by atoms with E-state index >= 15 is 0 Å². The fourth-order valence-electron chi connectivity index (χ4n) is 1.56. The van der Waals surface area contributed by atoms with E-state index in [1.165, 1.54) is 12.1 Å². The van der Waals surface area contributed by atoms with E-state index in [1.54, 1.807) is 0 Å². The van der Waals surface area contributed by atoms with Crippen LogP contribution in [0.25, 0.3) is 0 Å². The molecule has 0 bridgehead atoms. The van der Waals surface area contributed by atoms with Crippen molar-refractivity contribution in [2.24, 2.45) is 0 Å². The Balaban J connectivity index is 2.35. The molecule has 2 aromatic rings. The van der Waals surface area contributed by atoms with Crippen molar-refractivity contribution in [2.45, 2.75) is 0 Å². The quantitative estimate of drug-likeness (QED) is 0.528. The van der Waals surface area contributed by atoms with Crippen molar-refractivity contribution in [3.8, 4) is 0 Å². The molecule has 1 heterocycles. The first-order chi connectivity index (χ1) is 9.90. The lowest BCUT2D eigenvalue weighted by Crippen LogP contribution is -2.14. The number of anilines is 1. The van der Waals surface area contributed by atoms with Gasteiger partial charge in [-0.2, -0.15) is 0 Å². The molecule has 0 atom stereocenters. The smallest absolute Gasteiger partial charge is 0.319 e. The van der Waals surface area contributed by atoms with E-state index in [0.717, 1.165) is 18.3 Å². The van der Waals surface area contributed by atoms with Gasteiger partial charge < -0.3 is 5.32 Å². The molecule has 108 valence electrons. The SMILES string of the molecule is O=C(Nc1ccc(Cl)c(F)c1)c1ccnc(Cl)c1[N+](=O)[O-]. The maximum atomic E-state index is 13.3. The van der Waals surface area contributed by atoms with Crippen LogP contribution in [0, 0.1) is 15.9 Å². The Bertz CT molecular complexity index is 740. The minimum Gasteiger partial charge on any atom is -0.322 e. The molecule has 0 radical (unpaired) electrons. The number of hydrogen-bond donors (Lipinski definition) is 1. The Morgan fingerprint density at radius 1 is 1.33 bits per heavy atom. The highest BCUT2D eigenvalue weighted by molar-refractivity contribution is 6.32. The summed E-state index contributed by atoms with van der Waals surface area (Å²) in [6.07, 6.45) is 1.16. The van der Waals surface area contributed by atoms with Gasteiger partial charge in [-0.05, 0) is 24.3 Å². The van der Waals surface area contributed by atoms with E-state index in [-0.39, 0.29) is 16.3 Å². The molecular weight excluding hydrogens is 324 g/mol. The monoisotopic (exact) mass is 329 g/mol. The maximum Gasteiger partial charge on any atom is 0.319 e. The average molecular weight is 330 g/mol. The molecule has 9 heteroatoms. The number of rotatable bonds is 3. The summed E-state index contributed by atoms with van der Waals surface area (Å²) < 4.78 is 13.3.